The van der Waals surface area contributed by atoms with E-state index in [4.69, 9.17) is 9.98 Å². The number of hydrogen-bond donors (Lipinski definition) is 0. The summed E-state index contributed by atoms with van der Waals surface area (Å²) in [6.07, 6.45) is 0. The Balaban J connectivity index is 0.00000213. The molecular weight excluding hydrogens is 770 g/mol. The second kappa shape index (κ2) is 20.3. The fraction of sp³-hybridized carbons (Fsp3) is 0.220. The van der Waals surface area contributed by atoms with Crippen LogP contribution in [0, 0.1) is 14.4 Å². The molecule has 0 radical (unpaired) electrons. The molecule has 0 atom stereocenters. The van der Waals surface area contributed by atoms with Gasteiger partial charge in [-0.15, -0.1) is 0 Å². The van der Waals surface area contributed by atoms with Gasteiger partial charge in [-0.25, -0.2) is 0 Å². The van der Waals surface area contributed by atoms with Gasteiger partial charge in [0.1, 0.15) is 0 Å². The van der Waals surface area contributed by atoms with Gasteiger partial charge >= 0.3 is 27.7 Å². The molecule has 4 heteroatoms. The van der Waals surface area contributed by atoms with E-state index in [1.807, 2.05) is 0 Å². The van der Waals surface area contributed by atoms with Gasteiger partial charge in [0.2, 0.25) is 0 Å². The Kier molecular flexibility index (Phi) is 16.0. The maximum atomic E-state index is 5.67. The monoisotopic (exact) mass is 822 g/mol. The summed E-state index contributed by atoms with van der Waals surface area (Å²) in [5, 5.41) is 0. The number of halogens is 1. The Morgan fingerprint density at radius 2 is 0.722 bits per heavy atom. The van der Waals surface area contributed by atoms with Crippen LogP contribution in [0.4, 0.5) is 11.4 Å². The first kappa shape index (κ1) is 42.4. The van der Waals surface area contributed by atoms with E-state index in [9.17, 15) is 0 Å². The van der Waals surface area contributed by atoms with Crippen molar-refractivity contribution in [2.24, 2.45) is 9.98 Å². The molecule has 6 aromatic rings. The van der Waals surface area contributed by atoms with Gasteiger partial charge in [0.25, 0.3) is 0 Å². The summed E-state index contributed by atoms with van der Waals surface area (Å²) in [5.41, 5.74) is 15.0. The molecule has 0 heterocycles. The summed E-state index contributed by atoms with van der Waals surface area (Å²) in [6.45, 7) is 15.5. The number of rotatable bonds is 11. The van der Waals surface area contributed by atoms with E-state index in [1.165, 1.54) is 50.1 Å². The fourth-order valence-electron chi connectivity index (χ4n) is 7.23. The van der Waals surface area contributed by atoms with Crippen LogP contribution in [0.25, 0.3) is 0 Å². The molecule has 0 aliphatic heterocycles. The van der Waals surface area contributed by atoms with E-state index in [2.05, 4.69) is 228 Å². The standard InChI is InChI=1S/C49H50N2.CH3.ClH.Pd/c1-33(2)42-29-20-30-43(34(3)4)48(42)50-36(6)37(7)51-49-44(46(38-21-12-8-13-22-38)39-23-14-9-15-24-39)31-35(5)32-45(49)47(40-25-16-10-17-26-40)41-27-18-11-19-28-41;;;/h8-34,46-47H,1-7H3;1H3;1H;/q;-1;;+2/p-1. The summed E-state index contributed by atoms with van der Waals surface area (Å²) in [7, 11) is 4.49. The van der Waals surface area contributed by atoms with Crippen LogP contribution in [0.5, 0.6) is 0 Å². The van der Waals surface area contributed by atoms with E-state index in [0.717, 1.165) is 22.8 Å². The van der Waals surface area contributed by atoms with Crippen molar-refractivity contribution < 1.29 is 18.2 Å². The van der Waals surface area contributed by atoms with E-state index in [1.54, 1.807) is 0 Å². The topological polar surface area (TPSA) is 24.7 Å². The predicted molar refractivity (Wildman–Crippen MR) is 231 cm³/mol. The third-order valence-electron chi connectivity index (χ3n) is 9.89. The predicted octanol–water partition coefficient (Wildman–Crippen LogP) is 14.6. The second-order valence-corrected chi connectivity index (χ2v) is 14.3. The zero-order valence-corrected chi connectivity index (χ0v) is 35.1. The Morgan fingerprint density at radius 1 is 0.444 bits per heavy atom. The minimum atomic E-state index is -0.0174. The van der Waals surface area contributed by atoms with Crippen molar-refractivity contribution in [3.05, 3.63) is 209 Å². The van der Waals surface area contributed by atoms with Crippen LogP contribution < -0.4 is 0 Å². The summed E-state index contributed by atoms with van der Waals surface area (Å²) in [5.74, 6) is 0.683. The van der Waals surface area contributed by atoms with E-state index in [0.29, 0.717) is 11.8 Å². The van der Waals surface area contributed by atoms with E-state index in [-0.39, 0.29) is 19.3 Å². The number of para-hydroxylation sites is 1. The molecule has 0 unspecified atom stereocenters. The summed E-state index contributed by atoms with van der Waals surface area (Å²) in [4.78, 5) is 11.1. The van der Waals surface area contributed by atoms with E-state index >= 15 is 0 Å². The summed E-state index contributed by atoms with van der Waals surface area (Å²) in [6, 6.07) is 54.8. The maximum absolute atomic E-state index is 5.67. The molecule has 0 aliphatic rings. The van der Waals surface area contributed by atoms with Crippen molar-refractivity contribution in [3.8, 4) is 0 Å². The number of aliphatic imine (C=N–C) groups is 2. The Bertz CT molecular complexity index is 1910. The average molecular weight is 824 g/mol. The van der Waals surface area contributed by atoms with Crippen LogP contribution >= 0.6 is 9.53 Å². The molecule has 0 saturated carbocycles. The zero-order chi connectivity index (χ0) is 37.9. The number of aryl methyl sites for hydroxylation is 1. The quantitative estimate of drug-likeness (QED) is 0.0538. The fourth-order valence-corrected chi connectivity index (χ4v) is 7.23. The molecule has 0 bridgehead atoms. The third kappa shape index (κ3) is 10.0. The van der Waals surface area contributed by atoms with Gasteiger partial charge in [-0.3, -0.25) is 9.98 Å². The van der Waals surface area contributed by atoms with Gasteiger partial charge in [0, 0.05) is 11.8 Å². The summed E-state index contributed by atoms with van der Waals surface area (Å²) >= 11 is 2.22. The minimum absolute atomic E-state index is 0. The molecule has 6 aromatic carbocycles. The van der Waals surface area contributed by atoms with Crippen LogP contribution in [0.3, 0.4) is 0 Å². The number of nitrogens with zero attached hydrogens (tertiary/aromatic N) is 2. The molecular formula is C50H53ClN2Pd. The molecule has 6 rings (SSSR count). The first-order valence-electron chi connectivity index (χ1n) is 18.4. The van der Waals surface area contributed by atoms with Gasteiger partial charge in [-0.05, 0) is 77.1 Å². The van der Waals surface area contributed by atoms with Crippen LogP contribution in [-0.2, 0) is 18.2 Å². The van der Waals surface area contributed by atoms with Crippen molar-refractivity contribution in [3.63, 3.8) is 0 Å². The van der Waals surface area contributed by atoms with Gasteiger partial charge in [-0.2, -0.15) is 0 Å². The Labute approximate surface area is 339 Å². The van der Waals surface area contributed by atoms with Crippen LogP contribution in [0.1, 0.15) is 115 Å². The molecule has 0 N–H and O–H groups in total. The Morgan fingerprint density at radius 3 is 1.00 bits per heavy atom. The van der Waals surface area contributed by atoms with Crippen molar-refractivity contribution in [1.82, 2.24) is 0 Å². The van der Waals surface area contributed by atoms with E-state index < -0.39 is 0 Å². The van der Waals surface area contributed by atoms with Gasteiger partial charge in [-0.1, -0.05) is 185 Å². The summed E-state index contributed by atoms with van der Waals surface area (Å²) < 4.78 is 0. The average Bonchev–Trinajstić information content (AvgIpc) is 3.18. The van der Waals surface area contributed by atoms with Crippen molar-refractivity contribution >= 4 is 32.3 Å². The van der Waals surface area contributed by atoms with Crippen LogP contribution in [-0.4, -0.2) is 11.4 Å². The number of benzene rings is 6. The SMILES string of the molecule is CC(=Nc1c(C(C)C)cccc1C(C)C)C(C)=Nc1c(C(c2ccccc2)c2ccccc2)cc(C)cc1C(c1ccccc1)c1ccccc1.[CH3-].[Cl][Pd+]. The molecule has 2 nitrogen and oxygen atoms in total. The van der Waals surface area contributed by atoms with Gasteiger partial charge in [0.15, 0.2) is 0 Å². The molecule has 0 fully saturated rings. The molecule has 0 amide bonds. The first-order chi connectivity index (χ1) is 25.7. The van der Waals surface area contributed by atoms with Crippen molar-refractivity contribution in [2.75, 3.05) is 0 Å². The van der Waals surface area contributed by atoms with Gasteiger partial charge < -0.3 is 7.43 Å². The second-order valence-electron chi connectivity index (χ2n) is 14.3. The molecule has 54 heavy (non-hydrogen) atoms. The molecule has 0 aliphatic carbocycles. The normalized spacial score (nSPS) is 11.8. The molecule has 0 spiro atoms. The van der Waals surface area contributed by atoms with Crippen LogP contribution in [0.15, 0.2) is 162 Å². The molecule has 0 aromatic heterocycles. The van der Waals surface area contributed by atoms with Crippen molar-refractivity contribution in [1.29, 1.82) is 0 Å². The van der Waals surface area contributed by atoms with Gasteiger partial charge in [0.05, 0.1) is 22.8 Å². The third-order valence-corrected chi connectivity index (χ3v) is 9.89. The van der Waals surface area contributed by atoms with Crippen molar-refractivity contribution in [2.45, 2.75) is 72.1 Å². The Hall–Kier alpha value is -4.39. The van der Waals surface area contributed by atoms with Crippen LogP contribution in [0.2, 0.25) is 0 Å². The zero-order valence-electron chi connectivity index (χ0n) is 32.8. The molecule has 280 valence electrons. The first-order valence-corrected chi connectivity index (χ1v) is 20.4. The number of hydrogen-bond acceptors (Lipinski definition) is 2. The molecule has 0 saturated heterocycles.